The van der Waals surface area contributed by atoms with Crippen LogP contribution in [-0.2, 0) is 0 Å². The fourth-order valence-corrected chi connectivity index (χ4v) is 2.66. The van der Waals surface area contributed by atoms with Crippen molar-refractivity contribution in [1.29, 1.82) is 0 Å². The summed E-state index contributed by atoms with van der Waals surface area (Å²) in [7, 11) is 0. The molecule has 0 radical (unpaired) electrons. The summed E-state index contributed by atoms with van der Waals surface area (Å²) in [6.07, 6.45) is 1.08. The molecule has 4 N–H and O–H groups in total. The predicted molar refractivity (Wildman–Crippen MR) is 64.4 cm³/mol. The second-order valence-electron chi connectivity index (χ2n) is 4.78. The van der Waals surface area contributed by atoms with Crippen LogP contribution in [0.3, 0.4) is 0 Å². The highest BCUT2D eigenvalue weighted by Gasteiger charge is 2.42. The van der Waals surface area contributed by atoms with Crippen molar-refractivity contribution in [1.82, 2.24) is 19.5 Å². The van der Waals surface area contributed by atoms with Crippen molar-refractivity contribution in [2.75, 3.05) is 6.61 Å². The second kappa shape index (κ2) is 4.41. The summed E-state index contributed by atoms with van der Waals surface area (Å²) in [6.45, 7) is -0.199. The molecule has 0 bridgehead atoms. The molecule has 2 aromatic heterocycles. The Labute approximate surface area is 107 Å². The smallest absolute Gasteiger partial charge is 0.278 e. The van der Waals surface area contributed by atoms with E-state index in [0.717, 1.165) is 0 Å². The zero-order valence-corrected chi connectivity index (χ0v) is 9.97. The lowest BCUT2D eigenvalue weighted by molar-refractivity contribution is -0.00370. The predicted octanol–water partition coefficient (Wildman–Crippen LogP) is -1.61. The van der Waals surface area contributed by atoms with Crippen molar-refractivity contribution in [3.05, 3.63) is 23.0 Å². The molecule has 0 spiro atoms. The van der Waals surface area contributed by atoms with E-state index in [4.69, 9.17) is 5.11 Å². The number of aromatic amines is 1. The molecular formula is C11H14N4O4. The molecule has 4 atom stereocenters. The molecular weight excluding hydrogens is 252 g/mol. The molecule has 2 aromatic rings. The Bertz CT molecular complexity index is 651. The largest absolute Gasteiger partial charge is 0.396 e. The number of aliphatic hydroxyl groups is 3. The Morgan fingerprint density at radius 1 is 1.37 bits per heavy atom. The summed E-state index contributed by atoms with van der Waals surface area (Å²) < 4.78 is 1.58. The Hall–Kier alpha value is -1.77. The highest BCUT2D eigenvalue weighted by Crippen LogP contribution is 2.36. The summed E-state index contributed by atoms with van der Waals surface area (Å²) in [5.41, 5.74) is 0.200. The molecule has 0 amide bonds. The number of nitrogens with zero attached hydrogens (tertiary/aromatic N) is 3. The van der Waals surface area contributed by atoms with Crippen LogP contribution < -0.4 is 5.56 Å². The minimum absolute atomic E-state index is 0.191. The fourth-order valence-electron chi connectivity index (χ4n) is 2.66. The number of aliphatic hydroxyl groups excluding tert-OH is 3. The van der Waals surface area contributed by atoms with Gasteiger partial charge in [-0.1, -0.05) is 0 Å². The summed E-state index contributed by atoms with van der Waals surface area (Å²) >= 11 is 0. The standard InChI is InChI=1S/C11H14N4O4/c16-2-5-1-6(9(18)8(5)17)15-4-14-7-10(15)12-3-13-11(7)19/h3-6,8-9,16-18H,1-2H2,(H,12,13,19)/t5-,6-,8-,9+/m1/s1. The number of nitrogens with one attached hydrogen (secondary N) is 1. The van der Waals surface area contributed by atoms with Gasteiger partial charge in [-0.2, -0.15) is 0 Å². The minimum atomic E-state index is -1.02. The molecule has 0 aliphatic heterocycles. The maximum absolute atomic E-state index is 11.6. The maximum atomic E-state index is 11.6. The first-order valence-electron chi connectivity index (χ1n) is 6.00. The van der Waals surface area contributed by atoms with Crippen molar-refractivity contribution in [2.24, 2.45) is 5.92 Å². The Kier molecular flexibility index (Phi) is 2.85. The highest BCUT2D eigenvalue weighted by molar-refractivity contribution is 5.69. The molecule has 1 aliphatic rings. The van der Waals surface area contributed by atoms with E-state index in [-0.39, 0.29) is 23.6 Å². The van der Waals surface area contributed by atoms with Gasteiger partial charge in [0.2, 0.25) is 0 Å². The van der Waals surface area contributed by atoms with E-state index in [2.05, 4.69) is 15.0 Å². The average Bonchev–Trinajstić information content (AvgIpc) is 2.94. The molecule has 1 aliphatic carbocycles. The van der Waals surface area contributed by atoms with Gasteiger partial charge in [-0.05, 0) is 6.42 Å². The highest BCUT2D eigenvalue weighted by atomic mass is 16.3. The number of hydrogen-bond acceptors (Lipinski definition) is 6. The minimum Gasteiger partial charge on any atom is -0.396 e. The quantitative estimate of drug-likeness (QED) is 0.518. The van der Waals surface area contributed by atoms with Crippen LogP contribution in [0.4, 0.5) is 0 Å². The van der Waals surface area contributed by atoms with Gasteiger partial charge in [-0.3, -0.25) is 4.79 Å². The van der Waals surface area contributed by atoms with Gasteiger partial charge in [0, 0.05) is 12.5 Å². The Morgan fingerprint density at radius 2 is 2.16 bits per heavy atom. The monoisotopic (exact) mass is 266 g/mol. The molecule has 1 saturated carbocycles. The molecule has 8 heteroatoms. The first-order valence-corrected chi connectivity index (χ1v) is 6.00. The lowest BCUT2D eigenvalue weighted by Gasteiger charge is -2.17. The Balaban J connectivity index is 2.06. The van der Waals surface area contributed by atoms with E-state index in [1.54, 1.807) is 4.57 Å². The molecule has 102 valence electrons. The third kappa shape index (κ3) is 1.76. The molecule has 0 aromatic carbocycles. The van der Waals surface area contributed by atoms with Crippen LogP contribution in [0.25, 0.3) is 11.2 Å². The van der Waals surface area contributed by atoms with Gasteiger partial charge in [0.1, 0.15) is 6.10 Å². The number of imidazole rings is 1. The third-order valence-electron chi connectivity index (χ3n) is 3.73. The molecule has 8 nitrogen and oxygen atoms in total. The summed E-state index contributed by atoms with van der Waals surface area (Å²) in [5.74, 6) is -0.389. The first kappa shape index (κ1) is 12.3. The van der Waals surface area contributed by atoms with Gasteiger partial charge >= 0.3 is 0 Å². The zero-order chi connectivity index (χ0) is 13.6. The van der Waals surface area contributed by atoms with Crippen LogP contribution in [0.15, 0.2) is 17.4 Å². The topological polar surface area (TPSA) is 124 Å². The van der Waals surface area contributed by atoms with Crippen molar-refractivity contribution in [3.63, 3.8) is 0 Å². The maximum Gasteiger partial charge on any atom is 0.278 e. The molecule has 2 heterocycles. The number of fused-ring (bicyclic) bond motifs is 1. The summed E-state index contributed by atoms with van der Waals surface area (Å²) in [6, 6.07) is -0.452. The Morgan fingerprint density at radius 3 is 2.84 bits per heavy atom. The van der Waals surface area contributed by atoms with Crippen LogP contribution in [0, 0.1) is 5.92 Å². The van der Waals surface area contributed by atoms with Crippen molar-refractivity contribution >= 4 is 11.2 Å². The number of rotatable bonds is 2. The van der Waals surface area contributed by atoms with Crippen LogP contribution in [-0.4, -0.2) is 53.7 Å². The molecule has 0 saturated heterocycles. The van der Waals surface area contributed by atoms with E-state index in [1.807, 2.05) is 0 Å². The van der Waals surface area contributed by atoms with E-state index < -0.39 is 18.2 Å². The van der Waals surface area contributed by atoms with Gasteiger partial charge < -0.3 is 24.9 Å². The summed E-state index contributed by atoms with van der Waals surface area (Å²) in [5, 5.41) is 29.0. The SMILES string of the molecule is O=c1[nH]cnc2c1ncn2[C@@H]1C[C@H](CO)[C@@H](O)[C@H]1O. The average molecular weight is 266 g/mol. The van der Waals surface area contributed by atoms with Crippen molar-refractivity contribution < 1.29 is 15.3 Å². The first-order chi connectivity index (χ1) is 9.13. The van der Waals surface area contributed by atoms with Gasteiger partial charge in [0.25, 0.3) is 5.56 Å². The van der Waals surface area contributed by atoms with E-state index >= 15 is 0 Å². The molecule has 19 heavy (non-hydrogen) atoms. The van der Waals surface area contributed by atoms with E-state index in [1.165, 1.54) is 12.7 Å². The van der Waals surface area contributed by atoms with Crippen LogP contribution in [0.1, 0.15) is 12.5 Å². The third-order valence-corrected chi connectivity index (χ3v) is 3.73. The van der Waals surface area contributed by atoms with Crippen molar-refractivity contribution in [3.8, 4) is 0 Å². The number of H-pyrrole nitrogens is 1. The number of hydrogen-bond donors (Lipinski definition) is 4. The fraction of sp³-hybridized carbons (Fsp3) is 0.545. The lowest BCUT2D eigenvalue weighted by Crippen LogP contribution is -2.30. The van der Waals surface area contributed by atoms with Gasteiger partial charge in [-0.25, -0.2) is 9.97 Å². The second-order valence-corrected chi connectivity index (χ2v) is 4.78. The van der Waals surface area contributed by atoms with E-state index in [0.29, 0.717) is 12.1 Å². The van der Waals surface area contributed by atoms with Crippen LogP contribution in [0.2, 0.25) is 0 Å². The van der Waals surface area contributed by atoms with Crippen LogP contribution >= 0.6 is 0 Å². The zero-order valence-electron chi connectivity index (χ0n) is 9.97. The van der Waals surface area contributed by atoms with Crippen LogP contribution in [0.5, 0.6) is 0 Å². The molecule has 0 unspecified atom stereocenters. The summed E-state index contributed by atoms with van der Waals surface area (Å²) in [4.78, 5) is 22.0. The lowest BCUT2D eigenvalue weighted by atomic mass is 10.1. The van der Waals surface area contributed by atoms with Gasteiger partial charge in [-0.15, -0.1) is 0 Å². The van der Waals surface area contributed by atoms with Gasteiger partial charge in [0.05, 0.1) is 24.8 Å². The van der Waals surface area contributed by atoms with E-state index in [9.17, 15) is 15.0 Å². The molecule has 3 rings (SSSR count). The van der Waals surface area contributed by atoms with Crippen molar-refractivity contribution in [2.45, 2.75) is 24.7 Å². The number of aromatic nitrogens is 4. The molecule has 1 fully saturated rings. The normalized spacial score (nSPS) is 31.1. The van der Waals surface area contributed by atoms with Gasteiger partial charge in [0.15, 0.2) is 11.2 Å².